The summed E-state index contributed by atoms with van der Waals surface area (Å²) in [5.74, 6) is 0.700. The smallest absolute Gasteiger partial charge is 0.160 e. The van der Waals surface area contributed by atoms with Crippen molar-refractivity contribution in [3.8, 4) is 51.0 Å². The number of benzene rings is 8. The number of nitrogens with zero attached hydrogens (tertiary/aromatic N) is 6. The van der Waals surface area contributed by atoms with Gasteiger partial charge in [-0.1, -0.05) is 140 Å². The van der Waals surface area contributed by atoms with Crippen molar-refractivity contribution in [1.29, 1.82) is 0 Å². The molecule has 59 heavy (non-hydrogen) atoms. The molecule has 12 rings (SSSR count). The van der Waals surface area contributed by atoms with Gasteiger partial charge >= 0.3 is 0 Å². The number of para-hydroxylation sites is 4. The van der Waals surface area contributed by atoms with Crippen molar-refractivity contribution in [2.45, 2.75) is 0 Å². The first-order valence-corrected chi connectivity index (χ1v) is 19.9. The third-order valence-electron chi connectivity index (χ3n) is 11.5. The highest BCUT2D eigenvalue weighted by atomic mass is 15.3. The lowest BCUT2D eigenvalue weighted by Gasteiger charge is -2.14. The van der Waals surface area contributed by atoms with Crippen LogP contribution in [0.15, 0.2) is 206 Å². The van der Waals surface area contributed by atoms with Gasteiger partial charge in [-0.2, -0.15) is 5.10 Å². The minimum atomic E-state index is 0.700. The van der Waals surface area contributed by atoms with Gasteiger partial charge in [-0.3, -0.25) is 0 Å². The Hall–Kier alpha value is -8.09. The van der Waals surface area contributed by atoms with Gasteiger partial charge in [0.2, 0.25) is 0 Å². The molecule has 0 atom stereocenters. The van der Waals surface area contributed by atoms with Gasteiger partial charge in [0.05, 0.1) is 50.9 Å². The van der Waals surface area contributed by atoms with E-state index >= 15 is 0 Å². The molecule has 0 aliphatic rings. The quantitative estimate of drug-likeness (QED) is 0.170. The lowest BCUT2D eigenvalue weighted by Crippen LogP contribution is -2.02. The van der Waals surface area contributed by atoms with Crippen molar-refractivity contribution in [3.63, 3.8) is 0 Å². The Morgan fingerprint density at radius 2 is 0.864 bits per heavy atom. The largest absolute Gasteiger partial charge is 0.309 e. The summed E-state index contributed by atoms with van der Waals surface area (Å²) >= 11 is 0. The Morgan fingerprint density at radius 1 is 0.339 bits per heavy atom. The molecular weight excluding hydrogens is 721 g/mol. The zero-order valence-corrected chi connectivity index (χ0v) is 31.8. The predicted octanol–water partition coefficient (Wildman–Crippen LogP) is 13.0. The second-order valence-corrected chi connectivity index (χ2v) is 14.9. The fraction of sp³-hybridized carbons (Fsp3) is 0. The van der Waals surface area contributed by atoms with Crippen molar-refractivity contribution < 1.29 is 0 Å². The molecule has 0 amide bonds. The van der Waals surface area contributed by atoms with Crippen LogP contribution in [0.3, 0.4) is 0 Å². The maximum absolute atomic E-state index is 5.17. The van der Waals surface area contributed by atoms with E-state index in [9.17, 15) is 0 Å². The molecule has 0 radical (unpaired) electrons. The molecule has 6 nitrogen and oxygen atoms in total. The van der Waals surface area contributed by atoms with E-state index in [0.717, 1.165) is 72.6 Å². The van der Waals surface area contributed by atoms with Crippen LogP contribution in [0.4, 0.5) is 0 Å². The van der Waals surface area contributed by atoms with Crippen molar-refractivity contribution in [1.82, 2.24) is 28.9 Å². The summed E-state index contributed by atoms with van der Waals surface area (Å²) in [6, 6.07) is 70.3. The molecule has 6 heteroatoms. The van der Waals surface area contributed by atoms with Crippen LogP contribution in [0.2, 0.25) is 0 Å². The fourth-order valence-corrected chi connectivity index (χ4v) is 8.89. The van der Waals surface area contributed by atoms with E-state index in [4.69, 9.17) is 15.1 Å². The molecule has 8 aromatic carbocycles. The minimum Gasteiger partial charge on any atom is -0.309 e. The summed E-state index contributed by atoms with van der Waals surface area (Å²) in [7, 11) is 0. The van der Waals surface area contributed by atoms with Crippen LogP contribution in [-0.2, 0) is 0 Å². The summed E-state index contributed by atoms with van der Waals surface area (Å²) < 4.78 is 6.87. The zero-order valence-electron chi connectivity index (χ0n) is 31.8. The summed E-state index contributed by atoms with van der Waals surface area (Å²) in [5.41, 5.74) is 13.6. The molecule has 4 heterocycles. The van der Waals surface area contributed by atoms with E-state index in [2.05, 4.69) is 178 Å². The molecule has 0 saturated heterocycles. The number of fused-ring (bicyclic) bond motifs is 8. The Bertz CT molecular complexity index is 3470. The Kier molecular flexibility index (Phi) is 7.43. The van der Waals surface area contributed by atoms with E-state index in [1.165, 1.54) is 27.1 Å². The van der Waals surface area contributed by atoms with Gasteiger partial charge in [-0.15, -0.1) is 0 Å². The van der Waals surface area contributed by atoms with Gasteiger partial charge < -0.3 is 9.13 Å². The van der Waals surface area contributed by atoms with Gasteiger partial charge in [0.1, 0.15) is 0 Å². The Balaban J connectivity index is 1.04. The molecule has 0 saturated carbocycles. The maximum atomic E-state index is 5.17. The van der Waals surface area contributed by atoms with Gasteiger partial charge in [0.15, 0.2) is 5.82 Å². The van der Waals surface area contributed by atoms with E-state index in [1.54, 1.807) is 0 Å². The number of aromatic nitrogens is 6. The molecule has 0 spiro atoms. The van der Waals surface area contributed by atoms with Crippen LogP contribution in [-0.4, -0.2) is 28.9 Å². The standard InChI is InChI=1S/C53H34N6/c1-4-15-35(16-5-1)45-33-46(56-53(55-45)37-17-6-2-7-18-37)36-27-29-39(30-28-36)58-48-25-13-10-21-40(48)42-23-14-26-50(52(42)58)59-49-32-31-43-41-22-11-12-24-47(41)57(38-19-8-3-9-20-38)51(43)44(49)34-54-59/h1-34H. The van der Waals surface area contributed by atoms with Crippen LogP contribution in [0.1, 0.15) is 0 Å². The Morgan fingerprint density at radius 3 is 1.54 bits per heavy atom. The molecule has 12 aromatic rings. The summed E-state index contributed by atoms with van der Waals surface area (Å²) in [6.07, 6.45) is 2.03. The number of hydrogen-bond acceptors (Lipinski definition) is 3. The van der Waals surface area contributed by atoms with Crippen LogP contribution < -0.4 is 0 Å². The molecule has 0 aliphatic heterocycles. The van der Waals surface area contributed by atoms with Crippen molar-refractivity contribution in [2.24, 2.45) is 0 Å². The SMILES string of the molecule is c1ccc(-c2cc(-c3ccc(-n4c5ccccc5c5cccc(-n6ncc7c6ccc6c8ccccc8n(-c8ccccc8)c67)c54)cc3)nc(-c3ccccc3)n2)cc1. The topological polar surface area (TPSA) is 53.5 Å². The summed E-state index contributed by atoms with van der Waals surface area (Å²) in [6.45, 7) is 0. The van der Waals surface area contributed by atoms with E-state index in [0.29, 0.717) is 5.82 Å². The molecule has 0 fully saturated rings. The first kappa shape index (κ1) is 33.1. The molecule has 0 bridgehead atoms. The van der Waals surface area contributed by atoms with Crippen LogP contribution in [0.25, 0.3) is 105 Å². The highest BCUT2D eigenvalue weighted by Gasteiger charge is 2.21. The molecule has 0 aliphatic carbocycles. The lowest BCUT2D eigenvalue weighted by atomic mass is 10.1. The van der Waals surface area contributed by atoms with Gasteiger partial charge in [-0.05, 0) is 60.7 Å². The molecular formula is C53H34N6. The van der Waals surface area contributed by atoms with Crippen LogP contribution in [0, 0.1) is 0 Å². The summed E-state index contributed by atoms with van der Waals surface area (Å²) in [4.78, 5) is 10.1. The lowest BCUT2D eigenvalue weighted by molar-refractivity contribution is 0.912. The third-order valence-corrected chi connectivity index (χ3v) is 11.5. The monoisotopic (exact) mass is 754 g/mol. The summed E-state index contributed by atoms with van der Waals surface area (Å²) in [5, 5.41) is 11.1. The first-order valence-electron chi connectivity index (χ1n) is 19.9. The fourth-order valence-electron chi connectivity index (χ4n) is 8.89. The van der Waals surface area contributed by atoms with Crippen LogP contribution >= 0.6 is 0 Å². The van der Waals surface area contributed by atoms with Gasteiger partial charge in [0, 0.05) is 55.0 Å². The highest BCUT2D eigenvalue weighted by molar-refractivity contribution is 6.19. The number of hydrogen-bond donors (Lipinski definition) is 0. The average Bonchev–Trinajstić information content (AvgIpc) is 4.00. The predicted molar refractivity (Wildman–Crippen MR) is 242 cm³/mol. The minimum absolute atomic E-state index is 0.700. The molecule has 0 unspecified atom stereocenters. The van der Waals surface area contributed by atoms with Gasteiger partial charge in [-0.25, -0.2) is 14.6 Å². The highest BCUT2D eigenvalue weighted by Crippen LogP contribution is 2.40. The normalized spacial score (nSPS) is 11.7. The third kappa shape index (κ3) is 5.24. The van der Waals surface area contributed by atoms with Crippen molar-refractivity contribution in [3.05, 3.63) is 206 Å². The maximum Gasteiger partial charge on any atom is 0.160 e. The van der Waals surface area contributed by atoms with Crippen molar-refractivity contribution >= 4 is 54.5 Å². The Labute approximate surface area is 339 Å². The average molecular weight is 755 g/mol. The van der Waals surface area contributed by atoms with E-state index in [-0.39, 0.29) is 0 Å². The van der Waals surface area contributed by atoms with E-state index in [1.807, 2.05) is 42.6 Å². The van der Waals surface area contributed by atoms with Crippen LogP contribution in [0.5, 0.6) is 0 Å². The first-order chi connectivity index (χ1) is 29.3. The zero-order chi connectivity index (χ0) is 38.9. The second-order valence-electron chi connectivity index (χ2n) is 14.9. The van der Waals surface area contributed by atoms with Crippen molar-refractivity contribution in [2.75, 3.05) is 0 Å². The van der Waals surface area contributed by atoms with E-state index < -0.39 is 0 Å². The van der Waals surface area contributed by atoms with Gasteiger partial charge in [0.25, 0.3) is 0 Å². The molecule has 0 N–H and O–H groups in total. The second kappa shape index (κ2) is 13.3. The number of rotatable bonds is 6. The molecule has 276 valence electrons. The molecule has 4 aromatic heterocycles.